The molecule has 0 heterocycles. The lowest BCUT2D eigenvalue weighted by atomic mass is 10.2. The minimum Gasteiger partial charge on any atom is -0.302 e. The van der Waals surface area contributed by atoms with Gasteiger partial charge >= 0.3 is 0 Å². The van der Waals surface area contributed by atoms with Crippen molar-refractivity contribution < 1.29 is 13.6 Å². The smallest absolute Gasteiger partial charge is 0.187 e. The molecule has 0 aromatic heterocycles. The first-order valence-electron chi connectivity index (χ1n) is 3.57. The zero-order valence-corrected chi connectivity index (χ0v) is 7.53. The summed E-state index contributed by atoms with van der Waals surface area (Å²) in [6.07, 6.45) is 3.40. The molecule has 0 radical (unpaired) electrons. The fourth-order valence-corrected chi connectivity index (χ4v) is 1.45. The predicted molar refractivity (Wildman–Crippen MR) is 50.6 cm³/mol. The van der Waals surface area contributed by atoms with Gasteiger partial charge in [-0.1, -0.05) is 24.3 Å². The molecular weight excluding hydrogens is 188 g/mol. The van der Waals surface area contributed by atoms with Crippen LogP contribution in [0.2, 0.25) is 0 Å². The number of allylic oxidation sites excluding steroid dienone is 1. The molecule has 0 amide bonds. The highest BCUT2D eigenvalue weighted by Crippen LogP contribution is 2.13. The summed E-state index contributed by atoms with van der Waals surface area (Å²) in [5, 5.41) is 0. The molecule has 0 saturated carbocycles. The van der Waals surface area contributed by atoms with Gasteiger partial charge in [0.1, 0.15) is 6.29 Å². The molecule has 1 atom stereocenters. The van der Waals surface area contributed by atoms with Crippen molar-refractivity contribution in [3.05, 3.63) is 35.9 Å². The van der Waals surface area contributed by atoms with Crippen LogP contribution in [0.25, 0.3) is 6.08 Å². The Labute approximate surface area is 78.4 Å². The highest BCUT2D eigenvalue weighted by atomic mass is 32.2. The van der Waals surface area contributed by atoms with Crippen molar-refractivity contribution in [2.45, 2.75) is 4.90 Å². The van der Waals surface area contributed by atoms with Crippen LogP contribution in [0.3, 0.4) is 0 Å². The van der Waals surface area contributed by atoms with Crippen LogP contribution in [0.1, 0.15) is 5.56 Å². The van der Waals surface area contributed by atoms with Gasteiger partial charge in [-0.15, -0.1) is 0 Å². The molecule has 13 heavy (non-hydrogen) atoms. The number of carbonyl (C=O) groups is 1. The van der Waals surface area contributed by atoms with Gasteiger partial charge < -0.3 is 4.55 Å². The van der Waals surface area contributed by atoms with Crippen LogP contribution in [0.5, 0.6) is 0 Å². The molecule has 0 aliphatic heterocycles. The Balaban J connectivity index is 3.11. The lowest BCUT2D eigenvalue weighted by Gasteiger charge is -1.98. The van der Waals surface area contributed by atoms with Crippen LogP contribution in [-0.2, 0) is 15.9 Å². The number of hydrogen-bond donors (Lipinski definition) is 1. The lowest BCUT2D eigenvalue weighted by molar-refractivity contribution is -0.104. The summed E-state index contributed by atoms with van der Waals surface area (Å²) in [5.74, 6) is 0. The Morgan fingerprint density at radius 1 is 1.31 bits per heavy atom. The van der Waals surface area contributed by atoms with E-state index in [1.807, 2.05) is 0 Å². The standard InChI is InChI=1S/C9H8O3S/c10-7-3-5-8-4-1-2-6-9(8)13(11)12/h1-7H,(H,11,12)/b5-3+. The van der Waals surface area contributed by atoms with Crippen molar-refractivity contribution in [3.63, 3.8) is 0 Å². The third-order valence-electron chi connectivity index (χ3n) is 1.46. The van der Waals surface area contributed by atoms with Crippen molar-refractivity contribution in [1.29, 1.82) is 0 Å². The maximum absolute atomic E-state index is 10.8. The molecule has 0 saturated heterocycles. The molecule has 0 aliphatic carbocycles. The van der Waals surface area contributed by atoms with E-state index in [1.165, 1.54) is 12.2 Å². The van der Waals surface area contributed by atoms with Crippen LogP contribution in [-0.4, -0.2) is 15.0 Å². The van der Waals surface area contributed by atoms with E-state index in [9.17, 15) is 9.00 Å². The molecule has 0 bridgehead atoms. The second-order valence-electron chi connectivity index (χ2n) is 2.28. The second-order valence-corrected chi connectivity index (χ2v) is 3.22. The fraction of sp³-hybridized carbons (Fsp3) is 0. The van der Waals surface area contributed by atoms with Crippen LogP contribution in [0.15, 0.2) is 35.2 Å². The minimum atomic E-state index is -2.01. The van der Waals surface area contributed by atoms with Gasteiger partial charge in [-0.3, -0.25) is 4.79 Å². The zero-order valence-electron chi connectivity index (χ0n) is 6.71. The molecule has 1 aromatic rings. The number of benzene rings is 1. The topological polar surface area (TPSA) is 54.4 Å². The molecule has 3 nitrogen and oxygen atoms in total. The summed E-state index contributed by atoms with van der Waals surface area (Å²) in [6.45, 7) is 0. The quantitative estimate of drug-likeness (QED) is 0.452. The maximum Gasteiger partial charge on any atom is 0.187 e. The van der Waals surface area contributed by atoms with E-state index >= 15 is 0 Å². The van der Waals surface area contributed by atoms with Gasteiger partial charge in [-0.05, 0) is 17.7 Å². The molecule has 0 spiro atoms. The largest absolute Gasteiger partial charge is 0.302 e. The zero-order chi connectivity index (χ0) is 9.68. The Kier molecular flexibility index (Phi) is 3.54. The highest BCUT2D eigenvalue weighted by Gasteiger charge is 2.02. The highest BCUT2D eigenvalue weighted by molar-refractivity contribution is 7.79. The van der Waals surface area contributed by atoms with Crippen LogP contribution in [0, 0.1) is 0 Å². The first-order chi connectivity index (χ1) is 6.25. The average molecular weight is 196 g/mol. The fourth-order valence-electron chi connectivity index (χ4n) is 0.920. The van der Waals surface area contributed by atoms with Gasteiger partial charge in [0.05, 0.1) is 4.90 Å². The summed E-state index contributed by atoms with van der Waals surface area (Å²) in [4.78, 5) is 10.3. The Hall–Kier alpha value is -1.26. The SMILES string of the molecule is O=C/C=C/c1ccccc1S(=O)O. The van der Waals surface area contributed by atoms with Crippen molar-refractivity contribution >= 4 is 23.4 Å². The first kappa shape index (κ1) is 9.83. The average Bonchev–Trinajstić information content (AvgIpc) is 2.15. The molecule has 0 aliphatic rings. The van der Waals surface area contributed by atoms with Crippen LogP contribution >= 0.6 is 0 Å². The molecule has 1 unspecified atom stereocenters. The van der Waals surface area contributed by atoms with Gasteiger partial charge in [-0.2, -0.15) is 0 Å². The van der Waals surface area contributed by atoms with Crippen molar-refractivity contribution in [2.24, 2.45) is 0 Å². The van der Waals surface area contributed by atoms with E-state index in [0.717, 1.165) is 0 Å². The Morgan fingerprint density at radius 3 is 2.62 bits per heavy atom. The summed E-state index contributed by atoms with van der Waals surface area (Å²) in [6, 6.07) is 6.62. The Bertz CT molecular complexity index is 358. The third kappa shape index (κ3) is 2.61. The normalized spacial score (nSPS) is 13.0. The predicted octanol–water partition coefficient (Wildman–Crippen LogP) is 1.48. The van der Waals surface area contributed by atoms with E-state index in [2.05, 4.69) is 0 Å². The molecule has 4 heteroatoms. The first-order valence-corrected chi connectivity index (χ1v) is 4.68. The monoisotopic (exact) mass is 196 g/mol. The van der Waals surface area contributed by atoms with Crippen molar-refractivity contribution in [1.82, 2.24) is 0 Å². The molecular formula is C9H8O3S. The number of carbonyl (C=O) groups excluding carboxylic acids is 1. The van der Waals surface area contributed by atoms with Crippen LogP contribution in [0.4, 0.5) is 0 Å². The summed E-state index contributed by atoms with van der Waals surface area (Å²) in [7, 11) is 0. The lowest BCUT2D eigenvalue weighted by Crippen LogP contribution is -1.91. The van der Waals surface area contributed by atoms with E-state index in [1.54, 1.807) is 24.3 Å². The van der Waals surface area contributed by atoms with Gasteiger partial charge in [0.25, 0.3) is 0 Å². The molecule has 0 fully saturated rings. The molecule has 68 valence electrons. The van der Waals surface area contributed by atoms with Gasteiger partial charge in [0.15, 0.2) is 11.1 Å². The Morgan fingerprint density at radius 2 is 2.00 bits per heavy atom. The third-order valence-corrected chi connectivity index (χ3v) is 2.21. The van der Waals surface area contributed by atoms with Gasteiger partial charge in [0, 0.05) is 0 Å². The van der Waals surface area contributed by atoms with E-state index in [-0.39, 0.29) is 0 Å². The second kappa shape index (κ2) is 4.69. The van der Waals surface area contributed by atoms with Gasteiger partial charge in [0.2, 0.25) is 0 Å². The molecule has 1 N–H and O–H groups in total. The van der Waals surface area contributed by atoms with Crippen molar-refractivity contribution in [3.8, 4) is 0 Å². The van der Waals surface area contributed by atoms with E-state index in [0.29, 0.717) is 16.7 Å². The molecule has 1 rings (SSSR count). The number of hydrogen-bond acceptors (Lipinski definition) is 2. The van der Waals surface area contributed by atoms with Gasteiger partial charge in [-0.25, -0.2) is 4.21 Å². The molecule has 1 aromatic carbocycles. The summed E-state index contributed by atoms with van der Waals surface area (Å²) >= 11 is -2.01. The minimum absolute atomic E-state index is 0.306. The maximum atomic E-state index is 10.8. The number of aldehydes is 1. The van der Waals surface area contributed by atoms with Crippen LogP contribution < -0.4 is 0 Å². The van der Waals surface area contributed by atoms with E-state index in [4.69, 9.17) is 4.55 Å². The summed E-state index contributed by atoms with van der Waals surface area (Å²) < 4.78 is 19.6. The number of rotatable bonds is 3. The summed E-state index contributed by atoms with van der Waals surface area (Å²) in [5.41, 5.74) is 0.579. The van der Waals surface area contributed by atoms with E-state index < -0.39 is 11.1 Å². The van der Waals surface area contributed by atoms with Crippen molar-refractivity contribution in [2.75, 3.05) is 0 Å².